The Morgan fingerprint density at radius 1 is 1.36 bits per heavy atom. The van der Waals surface area contributed by atoms with Crippen LogP contribution in [0.1, 0.15) is 6.92 Å². The first-order valence-corrected chi connectivity index (χ1v) is 4.17. The number of pyridine rings is 1. The summed E-state index contributed by atoms with van der Waals surface area (Å²) in [5, 5.41) is 0. The van der Waals surface area contributed by atoms with E-state index in [1.54, 1.807) is 0 Å². The summed E-state index contributed by atoms with van der Waals surface area (Å²) in [4.78, 5) is 3.55. The summed E-state index contributed by atoms with van der Waals surface area (Å²) in [5.41, 5.74) is 0. The second-order valence-electron chi connectivity index (χ2n) is 1.88. The van der Waals surface area contributed by atoms with Crippen molar-refractivity contribution in [1.82, 2.24) is 4.98 Å². The van der Waals surface area contributed by atoms with E-state index >= 15 is 0 Å². The Hall–Kier alpha value is -0.640. The minimum atomic E-state index is -0.763. The molecule has 0 aliphatic heterocycles. The molecule has 1 aromatic heterocycles. The number of hydrogen-bond acceptors (Lipinski definition) is 2. The number of thioether (sulfide) groups is 1. The third kappa shape index (κ3) is 2.46. The SMILES string of the molecule is CCSc1cc(F)nc(F)c1. The Kier molecular flexibility index (Phi) is 2.82. The molecule has 0 amide bonds. The molecule has 0 saturated carbocycles. The molecule has 0 aliphatic carbocycles. The molecule has 0 fully saturated rings. The van der Waals surface area contributed by atoms with Crippen LogP contribution in [0, 0.1) is 11.9 Å². The van der Waals surface area contributed by atoms with Crippen molar-refractivity contribution >= 4 is 11.8 Å². The van der Waals surface area contributed by atoms with E-state index in [0.717, 1.165) is 5.75 Å². The van der Waals surface area contributed by atoms with Gasteiger partial charge in [0.15, 0.2) is 0 Å². The maximum atomic E-state index is 12.4. The molecule has 0 spiro atoms. The monoisotopic (exact) mass is 175 g/mol. The fourth-order valence-electron chi connectivity index (χ4n) is 0.693. The molecule has 0 radical (unpaired) electrons. The van der Waals surface area contributed by atoms with E-state index in [0.29, 0.717) is 4.90 Å². The van der Waals surface area contributed by atoms with Crippen LogP contribution in [0.15, 0.2) is 17.0 Å². The Balaban J connectivity index is 2.89. The van der Waals surface area contributed by atoms with Crippen molar-refractivity contribution in [2.24, 2.45) is 0 Å². The standard InChI is InChI=1S/C7H7F2NS/c1-2-11-5-3-6(8)10-7(9)4-5/h3-4H,2H2,1H3. The van der Waals surface area contributed by atoms with Gasteiger partial charge in [0.1, 0.15) is 0 Å². The fourth-order valence-corrected chi connectivity index (χ4v) is 1.39. The topological polar surface area (TPSA) is 12.9 Å². The molecule has 4 heteroatoms. The number of aromatic nitrogens is 1. The molecule has 1 aromatic rings. The molecule has 0 saturated heterocycles. The van der Waals surface area contributed by atoms with Crippen LogP contribution in [-0.2, 0) is 0 Å². The van der Waals surface area contributed by atoms with E-state index in [9.17, 15) is 8.78 Å². The highest BCUT2D eigenvalue weighted by Crippen LogP contribution is 2.17. The minimum Gasteiger partial charge on any atom is -0.191 e. The first-order valence-electron chi connectivity index (χ1n) is 3.18. The fraction of sp³-hybridized carbons (Fsp3) is 0.286. The maximum absolute atomic E-state index is 12.4. The number of nitrogens with zero attached hydrogens (tertiary/aromatic N) is 1. The predicted octanol–water partition coefficient (Wildman–Crippen LogP) is 2.47. The zero-order chi connectivity index (χ0) is 8.27. The minimum absolute atomic E-state index is 0.581. The van der Waals surface area contributed by atoms with E-state index in [-0.39, 0.29) is 0 Å². The molecule has 0 N–H and O–H groups in total. The van der Waals surface area contributed by atoms with Gasteiger partial charge in [-0.3, -0.25) is 0 Å². The van der Waals surface area contributed by atoms with Gasteiger partial charge in [-0.25, -0.2) is 0 Å². The van der Waals surface area contributed by atoms with Crippen molar-refractivity contribution in [3.63, 3.8) is 0 Å². The lowest BCUT2D eigenvalue weighted by atomic mass is 10.5. The average molecular weight is 175 g/mol. The zero-order valence-corrected chi connectivity index (χ0v) is 6.79. The lowest BCUT2D eigenvalue weighted by Gasteiger charge is -1.96. The molecule has 0 aliphatic rings. The number of halogens is 2. The highest BCUT2D eigenvalue weighted by molar-refractivity contribution is 7.99. The number of hydrogen-bond donors (Lipinski definition) is 0. The van der Waals surface area contributed by atoms with E-state index in [2.05, 4.69) is 4.98 Å². The zero-order valence-electron chi connectivity index (χ0n) is 5.97. The second kappa shape index (κ2) is 3.67. The van der Waals surface area contributed by atoms with Crippen LogP contribution in [0.25, 0.3) is 0 Å². The lowest BCUT2D eigenvalue weighted by Crippen LogP contribution is -1.88. The molecule has 1 rings (SSSR count). The van der Waals surface area contributed by atoms with Gasteiger partial charge in [0.2, 0.25) is 11.9 Å². The summed E-state index contributed by atoms with van der Waals surface area (Å²) >= 11 is 1.38. The third-order valence-electron chi connectivity index (χ3n) is 1.05. The van der Waals surface area contributed by atoms with Crippen molar-refractivity contribution in [2.75, 3.05) is 5.75 Å². The van der Waals surface area contributed by atoms with Crippen LogP contribution in [0.2, 0.25) is 0 Å². The van der Waals surface area contributed by atoms with Crippen LogP contribution in [0.3, 0.4) is 0 Å². The van der Waals surface area contributed by atoms with Crippen LogP contribution >= 0.6 is 11.8 Å². The molecular formula is C7H7F2NS. The second-order valence-corrected chi connectivity index (χ2v) is 3.22. The summed E-state index contributed by atoms with van der Waals surface area (Å²) in [6.07, 6.45) is 0. The van der Waals surface area contributed by atoms with Crippen molar-refractivity contribution in [2.45, 2.75) is 11.8 Å². The highest BCUT2D eigenvalue weighted by Gasteiger charge is 2.00. The Morgan fingerprint density at radius 2 is 1.91 bits per heavy atom. The molecular weight excluding hydrogens is 168 g/mol. The van der Waals surface area contributed by atoms with E-state index in [4.69, 9.17) is 0 Å². The van der Waals surface area contributed by atoms with Gasteiger partial charge in [0.05, 0.1) is 0 Å². The van der Waals surface area contributed by atoms with E-state index in [1.807, 2.05) is 6.92 Å². The van der Waals surface area contributed by atoms with Crippen molar-refractivity contribution in [3.05, 3.63) is 24.0 Å². The van der Waals surface area contributed by atoms with E-state index in [1.165, 1.54) is 23.9 Å². The predicted molar refractivity (Wildman–Crippen MR) is 40.6 cm³/mol. The summed E-state index contributed by atoms with van der Waals surface area (Å²) in [5.74, 6) is -0.731. The molecule has 0 atom stereocenters. The first-order chi connectivity index (χ1) is 5.22. The molecule has 0 unspecified atom stereocenters. The van der Waals surface area contributed by atoms with Gasteiger partial charge < -0.3 is 0 Å². The largest absolute Gasteiger partial charge is 0.216 e. The lowest BCUT2D eigenvalue weighted by molar-refractivity contribution is 0.507. The van der Waals surface area contributed by atoms with Crippen molar-refractivity contribution < 1.29 is 8.78 Å². The quantitative estimate of drug-likeness (QED) is 0.506. The highest BCUT2D eigenvalue weighted by atomic mass is 32.2. The molecule has 11 heavy (non-hydrogen) atoms. The Labute approximate surface area is 67.8 Å². The van der Waals surface area contributed by atoms with Gasteiger partial charge in [0, 0.05) is 17.0 Å². The van der Waals surface area contributed by atoms with E-state index < -0.39 is 11.9 Å². The summed E-state index contributed by atoms with van der Waals surface area (Å²) in [6.45, 7) is 1.92. The van der Waals surface area contributed by atoms with Gasteiger partial charge in [0.25, 0.3) is 0 Å². The van der Waals surface area contributed by atoms with Crippen molar-refractivity contribution in [3.8, 4) is 0 Å². The first kappa shape index (κ1) is 8.46. The molecule has 1 heterocycles. The van der Waals surface area contributed by atoms with Crippen molar-refractivity contribution in [1.29, 1.82) is 0 Å². The maximum Gasteiger partial charge on any atom is 0.216 e. The van der Waals surface area contributed by atoms with Crippen LogP contribution in [0.5, 0.6) is 0 Å². The smallest absolute Gasteiger partial charge is 0.191 e. The normalized spacial score (nSPS) is 10.1. The third-order valence-corrected chi connectivity index (χ3v) is 1.91. The van der Waals surface area contributed by atoms with Crippen LogP contribution in [-0.4, -0.2) is 10.7 Å². The van der Waals surface area contributed by atoms with Gasteiger partial charge in [-0.15, -0.1) is 11.8 Å². The molecule has 1 nitrogen and oxygen atoms in total. The number of rotatable bonds is 2. The average Bonchev–Trinajstić information content (AvgIpc) is 1.85. The van der Waals surface area contributed by atoms with Gasteiger partial charge >= 0.3 is 0 Å². The molecule has 0 bridgehead atoms. The Bertz CT molecular complexity index is 232. The summed E-state index contributed by atoms with van der Waals surface area (Å²) in [7, 11) is 0. The van der Waals surface area contributed by atoms with Crippen LogP contribution in [0.4, 0.5) is 8.78 Å². The van der Waals surface area contributed by atoms with Gasteiger partial charge in [-0.05, 0) is 5.75 Å². The Morgan fingerprint density at radius 3 is 2.36 bits per heavy atom. The van der Waals surface area contributed by atoms with Crippen LogP contribution < -0.4 is 0 Å². The summed E-state index contributed by atoms with van der Waals surface area (Å²) in [6, 6.07) is 2.44. The van der Waals surface area contributed by atoms with Gasteiger partial charge in [-0.1, -0.05) is 6.92 Å². The molecule has 0 aromatic carbocycles. The molecule has 60 valence electrons. The van der Waals surface area contributed by atoms with Gasteiger partial charge in [-0.2, -0.15) is 13.8 Å². The summed E-state index contributed by atoms with van der Waals surface area (Å²) < 4.78 is 24.8.